The number of ether oxygens (including phenoxy) is 1. The van der Waals surface area contributed by atoms with Crippen LogP contribution in [0.3, 0.4) is 0 Å². The van der Waals surface area contributed by atoms with E-state index in [4.69, 9.17) is 27.9 Å². The van der Waals surface area contributed by atoms with Gasteiger partial charge in [-0.05, 0) is 56.3 Å². The fourth-order valence-corrected chi connectivity index (χ4v) is 5.05. The molecule has 0 bridgehead atoms. The van der Waals surface area contributed by atoms with Gasteiger partial charge in [-0.2, -0.15) is 0 Å². The molecule has 0 saturated heterocycles. The smallest absolute Gasteiger partial charge is 0.302 e. The number of nitrogens with one attached hydrogen (secondary N) is 1. The number of benzene rings is 2. The predicted octanol–water partition coefficient (Wildman–Crippen LogP) is 5.83. The molecule has 33 heavy (non-hydrogen) atoms. The summed E-state index contributed by atoms with van der Waals surface area (Å²) in [5.74, 6) is 0.622. The molecule has 2 aromatic heterocycles. The molecule has 0 aliphatic heterocycles. The lowest BCUT2D eigenvalue weighted by Gasteiger charge is -2.17. The minimum Gasteiger partial charge on any atom is -0.425 e. The van der Waals surface area contributed by atoms with Crippen molar-refractivity contribution in [3.63, 3.8) is 0 Å². The molecule has 7 nitrogen and oxygen atoms in total. The van der Waals surface area contributed by atoms with Gasteiger partial charge in [0.25, 0.3) is 0 Å². The molecule has 2 aromatic carbocycles. The average molecular weight is 505 g/mol. The van der Waals surface area contributed by atoms with Crippen LogP contribution in [0.15, 0.2) is 78.1 Å². The molecule has 10 heteroatoms. The van der Waals surface area contributed by atoms with Crippen LogP contribution in [0.2, 0.25) is 10.0 Å². The van der Waals surface area contributed by atoms with E-state index in [9.17, 15) is 8.42 Å². The van der Waals surface area contributed by atoms with Crippen molar-refractivity contribution in [1.29, 1.82) is 0 Å². The Balaban J connectivity index is 1.56. The van der Waals surface area contributed by atoms with Crippen molar-refractivity contribution in [2.75, 3.05) is 0 Å². The van der Waals surface area contributed by atoms with E-state index in [0.29, 0.717) is 24.0 Å². The summed E-state index contributed by atoms with van der Waals surface area (Å²) in [5, 5.41) is 0.457. The number of imidazole rings is 1. The summed E-state index contributed by atoms with van der Waals surface area (Å²) in [4.78, 5) is 4.42. The molecule has 172 valence electrons. The van der Waals surface area contributed by atoms with E-state index < -0.39 is 16.1 Å². The summed E-state index contributed by atoms with van der Waals surface area (Å²) in [5.41, 5.74) is 1.62. The molecule has 0 spiro atoms. The van der Waals surface area contributed by atoms with Crippen LogP contribution < -0.4 is 9.46 Å². The van der Waals surface area contributed by atoms with Gasteiger partial charge >= 0.3 is 6.01 Å². The number of hydrogen-bond acceptors (Lipinski definition) is 4. The fraction of sp³-hybridized carbons (Fsp3) is 0.174. The van der Waals surface area contributed by atoms with Crippen molar-refractivity contribution in [2.24, 2.45) is 0 Å². The molecule has 0 amide bonds. The van der Waals surface area contributed by atoms with Crippen LogP contribution in [0.5, 0.6) is 11.8 Å². The Hall–Kier alpha value is -2.78. The maximum atomic E-state index is 12.9. The maximum absolute atomic E-state index is 12.9. The molecule has 0 fully saturated rings. The van der Waals surface area contributed by atoms with Gasteiger partial charge in [-0.1, -0.05) is 29.3 Å². The van der Waals surface area contributed by atoms with Crippen molar-refractivity contribution in [2.45, 2.75) is 31.3 Å². The third-order valence-electron chi connectivity index (χ3n) is 5.07. The van der Waals surface area contributed by atoms with Crippen LogP contribution in [0, 0.1) is 0 Å². The summed E-state index contributed by atoms with van der Waals surface area (Å²) in [7, 11) is -3.83. The van der Waals surface area contributed by atoms with Gasteiger partial charge in [0.15, 0.2) is 0 Å². The van der Waals surface area contributed by atoms with E-state index in [1.807, 2.05) is 64.8 Å². The number of hydrogen-bond donors (Lipinski definition) is 1. The van der Waals surface area contributed by atoms with Crippen molar-refractivity contribution >= 4 is 33.2 Å². The topological polar surface area (TPSA) is 78.2 Å². The van der Waals surface area contributed by atoms with Gasteiger partial charge in [0.2, 0.25) is 10.0 Å². The van der Waals surface area contributed by atoms with Crippen molar-refractivity contribution in [3.05, 3.63) is 88.9 Å². The quantitative estimate of drug-likeness (QED) is 0.327. The first-order valence-electron chi connectivity index (χ1n) is 10.2. The summed E-state index contributed by atoms with van der Waals surface area (Å²) in [6, 6.07) is 15.5. The zero-order valence-corrected chi connectivity index (χ0v) is 20.3. The average Bonchev–Trinajstić information content (AvgIpc) is 3.45. The summed E-state index contributed by atoms with van der Waals surface area (Å²) in [6.07, 6.45) is 5.51. The van der Waals surface area contributed by atoms with Gasteiger partial charge in [-0.15, -0.1) is 0 Å². The Bertz CT molecular complexity index is 1370. The first kappa shape index (κ1) is 23.4. The lowest BCUT2D eigenvalue weighted by atomic mass is 10.3. The first-order valence-corrected chi connectivity index (χ1v) is 12.5. The number of aromatic nitrogens is 3. The molecule has 1 atom stereocenters. The lowest BCUT2D eigenvalue weighted by Crippen LogP contribution is -2.28. The molecular weight excluding hydrogens is 483 g/mol. The van der Waals surface area contributed by atoms with Crippen LogP contribution in [0.1, 0.15) is 25.6 Å². The molecular formula is C23H22Cl2N4O3S. The highest BCUT2D eigenvalue weighted by Gasteiger charge is 2.23. The molecule has 1 unspecified atom stereocenters. The highest BCUT2D eigenvalue weighted by Crippen LogP contribution is 2.28. The predicted molar refractivity (Wildman–Crippen MR) is 129 cm³/mol. The molecule has 0 aliphatic rings. The van der Waals surface area contributed by atoms with Crippen LogP contribution in [0.4, 0.5) is 0 Å². The standard InChI is InChI=1S/C23H22Cl2N4O3S/c1-3-29-22(16(2)27-33(30,31)19-9-10-20(24)21(25)14-19)15-26-23(29)32-18-8-6-7-17(13-18)28-11-4-5-12-28/h4-16,27H,3H2,1-2H3. The SMILES string of the molecule is CCn1c(C(C)NS(=O)(=O)c2ccc(Cl)c(Cl)c2)cnc1Oc1cccc(-n2cccc2)c1. The van der Waals surface area contributed by atoms with Gasteiger partial charge in [-0.3, -0.25) is 4.57 Å². The molecule has 4 rings (SSSR count). The lowest BCUT2D eigenvalue weighted by molar-refractivity contribution is 0.408. The minimum atomic E-state index is -3.83. The van der Waals surface area contributed by atoms with E-state index in [2.05, 4.69) is 9.71 Å². The second-order valence-corrected chi connectivity index (χ2v) is 9.85. The van der Waals surface area contributed by atoms with Crippen molar-refractivity contribution < 1.29 is 13.2 Å². The second-order valence-electron chi connectivity index (χ2n) is 7.32. The summed E-state index contributed by atoms with van der Waals surface area (Å²) >= 11 is 11.9. The van der Waals surface area contributed by atoms with E-state index in [0.717, 1.165) is 5.69 Å². The Labute approximate surface area is 202 Å². The highest BCUT2D eigenvalue weighted by molar-refractivity contribution is 7.89. The molecule has 0 radical (unpaired) electrons. The van der Waals surface area contributed by atoms with Gasteiger partial charge in [0.05, 0.1) is 32.9 Å². The van der Waals surface area contributed by atoms with Crippen LogP contribution in [-0.2, 0) is 16.6 Å². The third-order valence-corrected chi connectivity index (χ3v) is 7.35. The highest BCUT2D eigenvalue weighted by atomic mass is 35.5. The third kappa shape index (κ3) is 5.09. The Morgan fingerprint density at radius 3 is 2.52 bits per heavy atom. The zero-order valence-electron chi connectivity index (χ0n) is 17.9. The van der Waals surface area contributed by atoms with Crippen molar-refractivity contribution in [1.82, 2.24) is 18.8 Å². The number of rotatable bonds is 8. The largest absolute Gasteiger partial charge is 0.425 e. The first-order chi connectivity index (χ1) is 15.8. The molecule has 0 aliphatic carbocycles. The summed E-state index contributed by atoms with van der Waals surface area (Å²) < 4.78 is 38.2. The van der Waals surface area contributed by atoms with Crippen LogP contribution >= 0.6 is 23.2 Å². The molecule has 4 aromatic rings. The monoisotopic (exact) mass is 504 g/mol. The number of nitrogens with zero attached hydrogens (tertiary/aromatic N) is 3. The summed E-state index contributed by atoms with van der Waals surface area (Å²) in [6.45, 7) is 4.23. The minimum absolute atomic E-state index is 0.0321. The Morgan fingerprint density at radius 2 is 1.82 bits per heavy atom. The van der Waals surface area contributed by atoms with E-state index in [1.54, 1.807) is 13.1 Å². The molecule has 2 heterocycles. The van der Waals surface area contributed by atoms with Crippen LogP contribution in [-0.4, -0.2) is 22.5 Å². The van der Waals surface area contributed by atoms with Gasteiger partial charge in [-0.25, -0.2) is 18.1 Å². The molecule has 0 saturated carbocycles. The zero-order chi connectivity index (χ0) is 23.6. The Morgan fingerprint density at radius 1 is 1.06 bits per heavy atom. The fourth-order valence-electron chi connectivity index (χ4n) is 3.44. The van der Waals surface area contributed by atoms with Gasteiger partial charge in [0, 0.05) is 30.7 Å². The maximum Gasteiger partial charge on any atom is 0.302 e. The molecule has 1 N–H and O–H groups in total. The van der Waals surface area contributed by atoms with Crippen molar-refractivity contribution in [3.8, 4) is 17.4 Å². The van der Waals surface area contributed by atoms with E-state index >= 15 is 0 Å². The second kappa shape index (κ2) is 9.61. The van der Waals surface area contributed by atoms with E-state index in [1.165, 1.54) is 18.2 Å². The van der Waals surface area contributed by atoms with Gasteiger partial charge < -0.3 is 9.30 Å². The van der Waals surface area contributed by atoms with E-state index in [-0.39, 0.29) is 14.9 Å². The Kier molecular flexibility index (Phi) is 6.81. The normalized spacial score (nSPS) is 12.6. The number of sulfonamides is 1. The number of halogens is 2. The van der Waals surface area contributed by atoms with Crippen LogP contribution in [0.25, 0.3) is 5.69 Å². The van der Waals surface area contributed by atoms with Gasteiger partial charge in [0.1, 0.15) is 5.75 Å².